The quantitative estimate of drug-likeness (QED) is 0.528. The van der Waals surface area contributed by atoms with Crippen molar-refractivity contribution in [2.24, 2.45) is 4.99 Å². The van der Waals surface area contributed by atoms with Crippen molar-refractivity contribution in [2.45, 2.75) is 6.92 Å². The summed E-state index contributed by atoms with van der Waals surface area (Å²) in [4.78, 5) is 14.9. The zero-order valence-electron chi connectivity index (χ0n) is 8.97. The van der Waals surface area contributed by atoms with Crippen LogP contribution in [0.2, 0.25) is 0 Å². The van der Waals surface area contributed by atoms with Gasteiger partial charge in [0.05, 0.1) is 30.2 Å². The first kappa shape index (κ1) is 12.2. The van der Waals surface area contributed by atoms with Gasteiger partial charge in [0, 0.05) is 0 Å². The zero-order valence-corrected chi connectivity index (χ0v) is 8.97. The van der Waals surface area contributed by atoms with Crippen LogP contribution in [0.25, 0.3) is 0 Å². The molecule has 0 amide bonds. The highest BCUT2D eigenvalue weighted by molar-refractivity contribution is 6.01. The number of amidine groups is 1. The summed E-state index contributed by atoms with van der Waals surface area (Å²) in [5, 5.41) is 20.4. The molecule has 3 N–H and O–H groups in total. The summed E-state index contributed by atoms with van der Waals surface area (Å²) in [6.45, 7) is 1.99. The normalized spacial score (nSPS) is 11.2. The van der Waals surface area contributed by atoms with Crippen LogP contribution in [-0.4, -0.2) is 35.2 Å². The largest absolute Gasteiger partial charge is 0.478 e. The summed E-state index contributed by atoms with van der Waals surface area (Å²) in [5.74, 6) is -0.416. The minimum Gasteiger partial charge on any atom is -0.478 e. The molecule has 1 aromatic rings. The van der Waals surface area contributed by atoms with Gasteiger partial charge in [-0.3, -0.25) is 4.99 Å². The fraction of sp³-hybridized carbons (Fsp3) is 0.273. The smallest absolute Gasteiger partial charge is 0.337 e. The molecule has 0 radical (unpaired) electrons. The lowest BCUT2D eigenvalue weighted by Crippen LogP contribution is -2.12. The number of carboxylic acids is 1. The Balaban J connectivity index is 2.84. The molecule has 0 unspecified atom stereocenters. The van der Waals surface area contributed by atoms with Crippen LogP contribution in [0.5, 0.6) is 0 Å². The molecule has 0 saturated heterocycles. The number of nitrogens with zero attached hydrogens (tertiary/aromatic N) is 1. The van der Waals surface area contributed by atoms with Gasteiger partial charge in [0.2, 0.25) is 0 Å². The van der Waals surface area contributed by atoms with Gasteiger partial charge in [0.15, 0.2) is 0 Å². The molecule has 0 bridgehead atoms. The Kier molecular flexibility index (Phi) is 4.47. The maximum Gasteiger partial charge on any atom is 0.337 e. The second-order valence-electron chi connectivity index (χ2n) is 3.17. The minimum atomic E-state index is -0.988. The highest BCUT2D eigenvalue weighted by Crippen LogP contribution is 2.14. The standard InChI is InChI=1S/C11H14N2O3/c1-8(12-6-7-14)13-10-5-3-2-4-9(10)11(15)16/h2-5,14H,6-7H2,1H3,(H,12,13)(H,15,16). The third kappa shape index (κ3) is 3.36. The molecule has 86 valence electrons. The first-order chi connectivity index (χ1) is 7.65. The molecule has 1 aromatic carbocycles. The molecule has 0 aliphatic heterocycles. The molecule has 0 heterocycles. The van der Waals surface area contributed by atoms with E-state index in [2.05, 4.69) is 10.3 Å². The average molecular weight is 222 g/mol. The summed E-state index contributed by atoms with van der Waals surface area (Å²) < 4.78 is 0. The van der Waals surface area contributed by atoms with E-state index in [0.717, 1.165) is 0 Å². The number of rotatable bonds is 4. The first-order valence-electron chi connectivity index (χ1n) is 4.86. The Labute approximate surface area is 93.5 Å². The number of benzene rings is 1. The lowest BCUT2D eigenvalue weighted by molar-refractivity contribution is 0.0698. The molecular weight excluding hydrogens is 208 g/mol. The first-order valence-corrected chi connectivity index (χ1v) is 4.86. The van der Waals surface area contributed by atoms with Crippen LogP contribution >= 0.6 is 0 Å². The maximum atomic E-state index is 10.9. The minimum absolute atomic E-state index is 0.0282. The van der Waals surface area contributed by atoms with E-state index < -0.39 is 5.97 Å². The molecule has 0 saturated carbocycles. The zero-order chi connectivity index (χ0) is 12.0. The van der Waals surface area contributed by atoms with E-state index in [0.29, 0.717) is 18.1 Å². The Morgan fingerprint density at radius 1 is 1.44 bits per heavy atom. The van der Waals surface area contributed by atoms with Crippen LogP contribution in [0.15, 0.2) is 29.3 Å². The summed E-state index contributed by atoms with van der Waals surface area (Å²) >= 11 is 0. The Morgan fingerprint density at radius 3 is 2.75 bits per heavy atom. The molecule has 16 heavy (non-hydrogen) atoms. The third-order valence-electron chi connectivity index (χ3n) is 1.92. The van der Waals surface area contributed by atoms with Gasteiger partial charge in [0.1, 0.15) is 0 Å². The van der Waals surface area contributed by atoms with E-state index in [1.54, 1.807) is 25.1 Å². The fourth-order valence-electron chi connectivity index (χ4n) is 1.23. The summed E-state index contributed by atoms with van der Waals surface area (Å²) in [5.41, 5.74) is 0.690. The highest BCUT2D eigenvalue weighted by atomic mass is 16.4. The molecule has 0 aromatic heterocycles. The van der Waals surface area contributed by atoms with Crippen molar-refractivity contribution in [3.05, 3.63) is 29.8 Å². The van der Waals surface area contributed by atoms with Crippen molar-refractivity contribution >= 4 is 17.5 Å². The number of aliphatic hydroxyl groups excluding tert-OH is 1. The topological polar surface area (TPSA) is 81.9 Å². The Hall–Kier alpha value is -1.88. The number of anilines is 1. The third-order valence-corrected chi connectivity index (χ3v) is 1.92. The van der Waals surface area contributed by atoms with Gasteiger partial charge in [-0.05, 0) is 19.1 Å². The van der Waals surface area contributed by atoms with E-state index >= 15 is 0 Å². The predicted octanol–water partition coefficient (Wildman–Crippen LogP) is 1.21. The van der Waals surface area contributed by atoms with Gasteiger partial charge in [-0.1, -0.05) is 12.1 Å². The van der Waals surface area contributed by atoms with Crippen molar-refractivity contribution in [3.63, 3.8) is 0 Å². The molecule has 1 rings (SSSR count). The molecule has 0 aliphatic carbocycles. The van der Waals surface area contributed by atoms with Gasteiger partial charge in [-0.2, -0.15) is 0 Å². The number of aliphatic imine (C=N–C) groups is 1. The van der Waals surface area contributed by atoms with Crippen molar-refractivity contribution in [1.82, 2.24) is 0 Å². The number of aromatic carboxylic acids is 1. The summed E-state index contributed by atoms with van der Waals surface area (Å²) in [7, 11) is 0. The van der Waals surface area contributed by atoms with Crippen LogP contribution in [0.1, 0.15) is 17.3 Å². The van der Waals surface area contributed by atoms with Gasteiger partial charge < -0.3 is 15.5 Å². The van der Waals surface area contributed by atoms with Gasteiger partial charge in [-0.25, -0.2) is 4.79 Å². The number of nitrogens with one attached hydrogen (secondary N) is 1. The summed E-state index contributed by atoms with van der Waals surface area (Å²) in [6.07, 6.45) is 0. The van der Waals surface area contributed by atoms with Gasteiger partial charge in [0.25, 0.3) is 0 Å². The number of carbonyl (C=O) groups is 1. The van der Waals surface area contributed by atoms with Crippen molar-refractivity contribution < 1.29 is 15.0 Å². The van der Waals surface area contributed by atoms with E-state index in [-0.39, 0.29) is 12.2 Å². The number of aliphatic hydroxyl groups is 1. The van der Waals surface area contributed by atoms with Gasteiger partial charge in [-0.15, -0.1) is 0 Å². The van der Waals surface area contributed by atoms with E-state index in [4.69, 9.17) is 10.2 Å². The number of hydrogen-bond acceptors (Lipinski definition) is 3. The maximum absolute atomic E-state index is 10.9. The lowest BCUT2D eigenvalue weighted by atomic mass is 10.2. The lowest BCUT2D eigenvalue weighted by Gasteiger charge is -2.08. The second-order valence-corrected chi connectivity index (χ2v) is 3.17. The Morgan fingerprint density at radius 2 is 2.12 bits per heavy atom. The van der Waals surface area contributed by atoms with Gasteiger partial charge >= 0.3 is 5.97 Å². The van der Waals surface area contributed by atoms with E-state index in [9.17, 15) is 4.79 Å². The van der Waals surface area contributed by atoms with Crippen LogP contribution in [0, 0.1) is 0 Å². The molecule has 0 spiro atoms. The molecule has 0 atom stereocenters. The molecule has 5 nitrogen and oxygen atoms in total. The van der Waals surface area contributed by atoms with Crippen LogP contribution in [-0.2, 0) is 0 Å². The average Bonchev–Trinajstić information content (AvgIpc) is 2.27. The monoisotopic (exact) mass is 222 g/mol. The molecule has 5 heteroatoms. The predicted molar refractivity (Wildman–Crippen MR) is 62.1 cm³/mol. The number of carboxylic acid groups (broad SMARTS) is 1. The van der Waals surface area contributed by atoms with Crippen molar-refractivity contribution in [2.75, 3.05) is 18.5 Å². The van der Waals surface area contributed by atoms with Crippen molar-refractivity contribution in [1.29, 1.82) is 0 Å². The SMILES string of the molecule is CC(=NCCO)Nc1ccccc1C(=O)O. The fourth-order valence-corrected chi connectivity index (χ4v) is 1.23. The second kappa shape index (κ2) is 5.87. The number of hydrogen-bond donors (Lipinski definition) is 3. The van der Waals surface area contributed by atoms with Crippen LogP contribution < -0.4 is 5.32 Å². The number of para-hydroxylation sites is 1. The van der Waals surface area contributed by atoms with Crippen LogP contribution in [0.3, 0.4) is 0 Å². The van der Waals surface area contributed by atoms with Crippen molar-refractivity contribution in [3.8, 4) is 0 Å². The Bertz CT molecular complexity index is 402. The van der Waals surface area contributed by atoms with Crippen LogP contribution in [0.4, 0.5) is 5.69 Å². The van der Waals surface area contributed by atoms with E-state index in [1.165, 1.54) is 6.07 Å². The summed E-state index contributed by atoms with van der Waals surface area (Å²) in [6, 6.07) is 6.59. The van der Waals surface area contributed by atoms with E-state index in [1.807, 2.05) is 0 Å². The molecule has 0 aliphatic rings. The molecular formula is C11H14N2O3. The highest BCUT2D eigenvalue weighted by Gasteiger charge is 2.08. The molecule has 0 fully saturated rings.